The molecule has 2 heterocycles. The Hall–Kier alpha value is -2.57. The molecule has 0 saturated carbocycles. The summed E-state index contributed by atoms with van der Waals surface area (Å²) in [5.41, 5.74) is 2.54. The molecule has 2 aliphatic heterocycles. The Labute approximate surface area is 179 Å². The number of hydrogen-bond donors (Lipinski definition) is 1. The van der Waals surface area contributed by atoms with Crippen LogP contribution in [-0.4, -0.2) is 74.7 Å². The number of benzene rings is 2. The average Bonchev–Trinajstić information content (AvgIpc) is 3.21. The van der Waals surface area contributed by atoms with E-state index in [1.807, 2.05) is 18.2 Å². The number of ether oxygens (including phenoxy) is 1. The predicted molar refractivity (Wildman–Crippen MR) is 120 cm³/mol. The molecule has 0 spiro atoms. The number of carbonyl (C=O) groups is 1. The highest BCUT2D eigenvalue weighted by Crippen LogP contribution is 2.20. The van der Waals surface area contributed by atoms with E-state index in [0.29, 0.717) is 6.54 Å². The van der Waals surface area contributed by atoms with Gasteiger partial charge in [0.05, 0.1) is 13.7 Å². The molecule has 0 unspecified atom stereocenters. The lowest BCUT2D eigenvalue weighted by Crippen LogP contribution is -2.50. The van der Waals surface area contributed by atoms with Crippen LogP contribution in [0.25, 0.3) is 0 Å². The zero-order chi connectivity index (χ0) is 20.8. The molecular weight excluding hydrogens is 376 g/mol. The summed E-state index contributed by atoms with van der Waals surface area (Å²) in [6, 6.07) is 19.0. The van der Waals surface area contributed by atoms with Crippen LogP contribution in [0.4, 0.5) is 5.69 Å². The number of nitrogens with one attached hydrogen (secondary N) is 1. The molecule has 0 bridgehead atoms. The Morgan fingerprint density at radius 1 is 0.967 bits per heavy atom. The van der Waals surface area contributed by atoms with Crippen LogP contribution in [0.3, 0.4) is 0 Å². The van der Waals surface area contributed by atoms with E-state index in [9.17, 15) is 4.79 Å². The molecule has 4 rings (SSSR count). The van der Waals surface area contributed by atoms with Crippen molar-refractivity contribution in [3.8, 4) is 5.75 Å². The molecule has 2 aromatic rings. The molecule has 160 valence electrons. The van der Waals surface area contributed by atoms with Crippen molar-refractivity contribution in [2.75, 3.05) is 57.8 Å². The van der Waals surface area contributed by atoms with Gasteiger partial charge in [0, 0.05) is 57.5 Å². The van der Waals surface area contributed by atoms with Crippen molar-refractivity contribution in [3.63, 3.8) is 0 Å². The molecule has 2 saturated heterocycles. The third-order valence-electron chi connectivity index (χ3n) is 6.06. The minimum atomic E-state index is 0.152. The topological polar surface area (TPSA) is 48.1 Å². The monoisotopic (exact) mass is 408 g/mol. The quantitative estimate of drug-likeness (QED) is 0.761. The number of rotatable bonds is 7. The van der Waals surface area contributed by atoms with Crippen LogP contribution in [-0.2, 0) is 11.3 Å². The lowest BCUT2D eigenvalue weighted by Gasteiger charge is -2.36. The second-order valence-corrected chi connectivity index (χ2v) is 8.24. The van der Waals surface area contributed by atoms with Gasteiger partial charge in [-0.2, -0.15) is 0 Å². The van der Waals surface area contributed by atoms with Crippen LogP contribution in [0.2, 0.25) is 0 Å². The first-order valence-electron chi connectivity index (χ1n) is 10.9. The van der Waals surface area contributed by atoms with Gasteiger partial charge < -0.3 is 15.0 Å². The SMILES string of the molecule is COc1ccc(N2CCN(CC(=O)N[C@@H]3CCN(Cc4ccccc4)C3)CC2)cc1. The smallest absolute Gasteiger partial charge is 0.234 e. The molecule has 1 amide bonds. The maximum Gasteiger partial charge on any atom is 0.234 e. The predicted octanol–water partition coefficient (Wildman–Crippen LogP) is 2.21. The minimum absolute atomic E-state index is 0.152. The molecule has 30 heavy (non-hydrogen) atoms. The molecule has 1 N–H and O–H groups in total. The van der Waals surface area contributed by atoms with E-state index in [1.54, 1.807) is 7.11 Å². The molecule has 6 nitrogen and oxygen atoms in total. The molecule has 2 aliphatic rings. The molecule has 0 aromatic heterocycles. The standard InChI is InChI=1S/C24H32N4O2/c1-30-23-9-7-22(8-10-23)28-15-13-26(14-16-28)19-24(29)25-21-11-12-27(18-21)17-20-5-3-2-4-6-20/h2-10,21H,11-19H2,1H3,(H,25,29)/t21-/m1/s1. The van der Waals surface area contributed by atoms with Crippen LogP contribution >= 0.6 is 0 Å². The summed E-state index contributed by atoms with van der Waals surface area (Å²) >= 11 is 0. The zero-order valence-corrected chi connectivity index (χ0v) is 17.8. The van der Waals surface area contributed by atoms with E-state index in [-0.39, 0.29) is 11.9 Å². The highest BCUT2D eigenvalue weighted by Gasteiger charge is 2.25. The Morgan fingerprint density at radius 3 is 2.40 bits per heavy atom. The number of likely N-dealkylation sites (tertiary alicyclic amines) is 1. The van der Waals surface area contributed by atoms with Gasteiger partial charge in [0.2, 0.25) is 5.91 Å². The van der Waals surface area contributed by atoms with Gasteiger partial charge in [-0.1, -0.05) is 30.3 Å². The summed E-state index contributed by atoms with van der Waals surface area (Å²) in [5.74, 6) is 1.03. The van der Waals surface area contributed by atoms with Crippen LogP contribution < -0.4 is 15.0 Å². The van der Waals surface area contributed by atoms with Crippen LogP contribution in [0.5, 0.6) is 5.75 Å². The fraction of sp³-hybridized carbons (Fsp3) is 0.458. The first kappa shape index (κ1) is 20.7. The summed E-state index contributed by atoms with van der Waals surface area (Å²) in [6.45, 7) is 7.12. The van der Waals surface area contributed by atoms with Gasteiger partial charge in [0.15, 0.2) is 0 Å². The van der Waals surface area contributed by atoms with Crippen LogP contribution in [0, 0.1) is 0 Å². The Morgan fingerprint density at radius 2 is 1.70 bits per heavy atom. The fourth-order valence-electron chi connectivity index (χ4n) is 4.37. The average molecular weight is 409 g/mol. The summed E-state index contributed by atoms with van der Waals surface area (Å²) in [7, 11) is 1.69. The lowest BCUT2D eigenvalue weighted by atomic mass is 10.2. The number of amides is 1. The third-order valence-corrected chi connectivity index (χ3v) is 6.06. The number of carbonyl (C=O) groups excluding carboxylic acids is 1. The van der Waals surface area contributed by atoms with Gasteiger partial charge in [-0.05, 0) is 36.2 Å². The summed E-state index contributed by atoms with van der Waals surface area (Å²) in [4.78, 5) is 19.6. The lowest BCUT2D eigenvalue weighted by molar-refractivity contribution is -0.122. The molecule has 6 heteroatoms. The highest BCUT2D eigenvalue weighted by molar-refractivity contribution is 5.78. The van der Waals surface area contributed by atoms with Crippen molar-refractivity contribution in [1.82, 2.24) is 15.1 Å². The normalized spacial score (nSPS) is 20.3. The number of piperazine rings is 1. The second kappa shape index (κ2) is 9.96. The van der Waals surface area contributed by atoms with Crippen molar-refractivity contribution >= 4 is 11.6 Å². The Bertz CT molecular complexity index is 804. The van der Waals surface area contributed by atoms with Gasteiger partial charge in [0.25, 0.3) is 0 Å². The molecule has 0 aliphatic carbocycles. The maximum atomic E-state index is 12.6. The Kier molecular flexibility index (Phi) is 6.87. The number of hydrogen-bond acceptors (Lipinski definition) is 5. The number of nitrogens with zero attached hydrogens (tertiary/aromatic N) is 3. The molecule has 0 radical (unpaired) electrons. The third kappa shape index (κ3) is 5.52. The van der Waals surface area contributed by atoms with E-state index in [2.05, 4.69) is 56.4 Å². The minimum Gasteiger partial charge on any atom is -0.497 e. The van der Waals surface area contributed by atoms with Gasteiger partial charge >= 0.3 is 0 Å². The summed E-state index contributed by atoms with van der Waals surface area (Å²) in [6.07, 6.45) is 1.03. The number of anilines is 1. The van der Waals surface area contributed by atoms with Crippen molar-refractivity contribution in [2.45, 2.75) is 19.0 Å². The summed E-state index contributed by atoms with van der Waals surface area (Å²) in [5, 5.41) is 3.25. The molecule has 2 aromatic carbocycles. The Balaban J connectivity index is 1.17. The first-order valence-corrected chi connectivity index (χ1v) is 10.9. The first-order chi connectivity index (χ1) is 14.7. The highest BCUT2D eigenvalue weighted by atomic mass is 16.5. The summed E-state index contributed by atoms with van der Waals surface area (Å²) < 4.78 is 5.23. The van der Waals surface area contributed by atoms with Crippen LogP contribution in [0.15, 0.2) is 54.6 Å². The maximum absolute atomic E-state index is 12.6. The van der Waals surface area contributed by atoms with Gasteiger partial charge in [0.1, 0.15) is 5.75 Å². The van der Waals surface area contributed by atoms with E-state index >= 15 is 0 Å². The van der Waals surface area contributed by atoms with Gasteiger partial charge in [-0.25, -0.2) is 0 Å². The van der Waals surface area contributed by atoms with E-state index < -0.39 is 0 Å². The van der Waals surface area contributed by atoms with E-state index in [4.69, 9.17) is 4.74 Å². The molecular formula is C24H32N4O2. The largest absolute Gasteiger partial charge is 0.497 e. The van der Waals surface area contributed by atoms with Crippen molar-refractivity contribution in [2.24, 2.45) is 0 Å². The van der Waals surface area contributed by atoms with Crippen molar-refractivity contribution < 1.29 is 9.53 Å². The van der Waals surface area contributed by atoms with Crippen molar-refractivity contribution in [3.05, 3.63) is 60.2 Å². The fourth-order valence-corrected chi connectivity index (χ4v) is 4.37. The van der Waals surface area contributed by atoms with E-state index in [1.165, 1.54) is 11.3 Å². The van der Waals surface area contributed by atoms with Crippen molar-refractivity contribution in [1.29, 1.82) is 0 Å². The molecule has 2 fully saturated rings. The number of methoxy groups -OCH3 is 1. The van der Waals surface area contributed by atoms with Gasteiger partial charge in [-0.3, -0.25) is 14.6 Å². The van der Waals surface area contributed by atoms with E-state index in [0.717, 1.165) is 58.0 Å². The zero-order valence-electron chi connectivity index (χ0n) is 17.8. The van der Waals surface area contributed by atoms with Gasteiger partial charge in [-0.15, -0.1) is 0 Å². The second-order valence-electron chi connectivity index (χ2n) is 8.24. The van der Waals surface area contributed by atoms with Crippen LogP contribution in [0.1, 0.15) is 12.0 Å². The molecule has 1 atom stereocenters.